The Morgan fingerprint density at radius 2 is 1.85 bits per heavy atom. The van der Waals surface area contributed by atoms with E-state index in [0.29, 0.717) is 19.6 Å². The third-order valence-corrected chi connectivity index (χ3v) is 6.37. The molecular formula is C18H25N3O4S. The highest BCUT2D eigenvalue weighted by atomic mass is 32.2. The number of benzene rings is 1. The Morgan fingerprint density at radius 1 is 1.15 bits per heavy atom. The highest BCUT2D eigenvalue weighted by molar-refractivity contribution is 7.89. The maximum Gasteiger partial charge on any atom is 0.240 e. The second-order valence-electron chi connectivity index (χ2n) is 7.06. The first kappa shape index (κ1) is 18.8. The van der Waals surface area contributed by atoms with Gasteiger partial charge in [0.05, 0.1) is 10.8 Å². The van der Waals surface area contributed by atoms with E-state index in [1.54, 1.807) is 29.2 Å². The monoisotopic (exact) mass is 379 g/mol. The number of hydrogen-bond acceptors (Lipinski definition) is 4. The Kier molecular flexibility index (Phi) is 5.62. The van der Waals surface area contributed by atoms with Gasteiger partial charge in [0, 0.05) is 32.6 Å². The highest BCUT2D eigenvalue weighted by Crippen LogP contribution is 2.22. The molecule has 7 nitrogen and oxygen atoms in total. The van der Waals surface area contributed by atoms with Crippen LogP contribution in [0.4, 0.5) is 0 Å². The van der Waals surface area contributed by atoms with Gasteiger partial charge in [0.15, 0.2) is 0 Å². The Morgan fingerprint density at radius 3 is 2.46 bits per heavy atom. The van der Waals surface area contributed by atoms with Crippen LogP contribution in [0.25, 0.3) is 0 Å². The molecule has 2 N–H and O–H groups in total. The van der Waals surface area contributed by atoms with Crippen LogP contribution in [0, 0.1) is 5.92 Å². The molecule has 1 heterocycles. The Labute approximate surface area is 154 Å². The van der Waals surface area contributed by atoms with Crippen molar-refractivity contribution in [2.75, 3.05) is 13.1 Å². The van der Waals surface area contributed by atoms with E-state index in [1.165, 1.54) is 6.92 Å². The fraction of sp³-hybridized carbons (Fsp3) is 0.556. The number of likely N-dealkylation sites (tertiary alicyclic amines) is 1. The minimum absolute atomic E-state index is 0.000829. The second kappa shape index (κ2) is 7.75. The summed E-state index contributed by atoms with van der Waals surface area (Å²) in [7, 11) is -3.45. The van der Waals surface area contributed by atoms with Crippen LogP contribution in [0.3, 0.4) is 0 Å². The summed E-state index contributed by atoms with van der Waals surface area (Å²) in [5.41, 5.74) is 0.836. The van der Waals surface area contributed by atoms with E-state index in [2.05, 4.69) is 10.0 Å². The van der Waals surface area contributed by atoms with Crippen LogP contribution in [0.2, 0.25) is 0 Å². The standard InChI is InChI=1S/C18H25N3O4S/c1-13(22)21-10-2-3-15(12-21)18(23)19-11-14-4-8-17(9-5-14)26(24,25)20-16-6-7-16/h4-5,8-9,15-16,20H,2-3,6-7,10-12H2,1H3,(H,19,23)/t15-/m0/s1. The predicted octanol–water partition coefficient (Wildman–Crippen LogP) is 1.00. The normalized spacial score (nSPS) is 20.7. The first-order chi connectivity index (χ1) is 12.3. The minimum atomic E-state index is -3.45. The van der Waals surface area contributed by atoms with Gasteiger partial charge in [0.1, 0.15) is 0 Å². The molecule has 1 saturated carbocycles. The first-order valence-corrected chi connectivity index (χ1v) is 10.5. The molecule has 3 rings (SSSR count). The Hall–Kier alpha value is -1.93. The van der Waals surface area contributed by atoms with Crippen molar-refractivity contribution in [3.63, 3.8) is 0 Å². The van der Waals surface area contributed by atoms with Crippen molar-refractivity contribution >= 4 is 21.8 Å². The van der Waals surface area contributed by atoms with Gasteiger partial charge in [-0.25, -0.2) is 13.1 Å². The van der Waals surface area contributed by atoms with Gasteiger partial charge in [0.25, 0.3) is 0 Å². The van der Waals surface area contributed by atoms with Crippen molar-refractivity contribution in [2.45, 2.75) is 50.1 Å². The van der Waals surface area contributed by atoms with Gasteiger partial charge in [-0.15, -0.1) is 0 Å². The highest BCUT2D eigenvalue weighted by Gasteiger charge is 2.28. The van der Waals surface area contributed by atoms with Crippen molar-refractivity contribution in [3.8, 4) is 0 Å². The molecule has 1 aliphatic carbocycles. The van der Waals surface area contributed by atoms with Crippen molar-refractivity contribution in [1.82, 2.24) is 14.9 Å². The number of carbonyl (C=O) groups excluding carboxylic acids is 2. The summed E-state index contributed by atoms with van der Waals surface area (Å²) in [4.78, 5) is 25.8. The zero-order valence-electron chi connectivity index (χ0n) is 14.9. The summed E-state index contributed by atoms with van der Waals surface area (Å²) in [6.07, 6.45) is 3.40. The number of hydrogen-bond donors (Lipinski definition) is 2. The van der Waals surface area contributed by atoms with E-state index in [4.69, 9.17) is 0 Å². The molecule has 8 heteroatoms. The molecule has 1 aromatic rings. The summed E-state index contributed by atoms with van der Waals surface area (Å²) in [6.45, 7) is 3.04. The van der Waals surface area contributed by atoms with Gasteiger partial charge < -0.3 is 10.2 Å². The molecule has 1 aliphatic heterocycles. The van der Waals surface area contributed by atoms with Gasteiger partial charge in [-0.1, -0.05) is 12.1 Å². The van der Waals surface area contributed by atoms with Gasteiger partial charge >= 0.3 is 0 Å². The molecule has 26 heavy (non-hydrogen) atoms. The fourth-order valence-electron chi connectivity index (χ4n) is 3.09. The maximum absolute atomic E-state index is 12.3. The van der Waals surface area contributed by atoms with Crippen molar-refractivity contribution in [3.05, 3.63) is 29.8 Å². The molecule has 1 aromatic carbocycles. The lowest BCUT2D eigenvalue weighted by Gasteiger charge is -2.31. The summed E-state index contributed by atoms with van der Waals surface area (Å²) in [5, 5.41) is 2.89. The van der Waals surface area contributed by atoms with Crippen LogP contribution in [0.15, 0.2) is 29.2 Å². The van der Waals surface area contributed by atoms with E-state index in [1.807, 2.05) is 0 Å². The molecule has 2 aliphatic rings. The van der Waals surface area contributed by atoms with Crippen LogP contribution in [0.1, 0.15) is 38.2 Å². The van der Waals surface area contributed by atoms with E-state index < -0.39 is 10.0 Å². The molecule has 0 aromatic heterocycles. The molecule has 142 valence electrons. The Bertz CT molecular complexity index is 772. The number of nitrogens with zero attached hydrogens (tertiary/aromatic N) is 1. The lowest BCUT2D eigenvalue weighted by molar-refractivity contribution is -0.134. The topological polar surface area (TPSA) is 95.6 Å². The smallest absolute Gasteiger partial charge is 0.240 e. The van der Waals surface area contributed by atoms with Crippen LogP contribution in [-0.2, 0) is 26.2 Å². The van der Waals surface area contributed by atoms with Gasteiger partial charge in [-0.05, 0) is 43.4 Å². The Balaban J connectivity index is 1.53. The predicted molar refractivity (Wildman–Crippen MR) is 96.6 cm³/mol. The van der Waals surface area contributed by atoms with Gasteiger partial charge in [0.2, 0.25) is 21.8 Å². The van der Waals surface area contributed by atoms with E-state index >= 15 is 0 Å². The van der Waals surface area contributed by atoms with E-state index in [9.17, 15) is 18.0 Å². The number of piperidine rings is 1. The van der Waals surface area contributed by atoms with Gasteiger partial charge in [-0.2, -0.15) is 0 Å². The summed E-state index contributed by atoms with van der Waals surface area (Å²) in [5.74, 6) is -0.253. The van der Waals surface area contributed by atoms with Crippen molar-refractivity contribution in [1.29, 1.82) is 0 Å². The number of nitrogens with one attached hydrogen (secondary N) is 2. The number of rotatable bonds is 6. The van der Waals surface area contributed by atoms with Crippen LogP contribution in [-0.4, -0.2) is 44.3 Å². The molecule has 1 atom stereocenters. The molecule has 1 saturated heterocycles. The molecular weight excluding hydrogens is 354 g/mol. The van der Waals surface area contributed by atoms with Crippen LogP contribution in [0.5, 0.6) is 0 Å². The third kappa shape index (κ3) is 4.82. The van der Waals surface area contributed by atoms with Crippen molar-refractivity contribution in [2.24, 2.45) is 5.92 Å². The summed E-state index contributed by atoms with van der Waals surface area (Å²) < 4.78 is 26.9. The first-order valence-electron chi connectivity index (χ1n) is 8.99. The maximum atomic E-state index is 12.3. The van der Waals surface area contributed by atoms with Crippen LogP contribution >= 0.6 is 0 Å². The zero-order valence-corrected chi connectivity index (χ0v) is 15.7. The second-order valence-corrected chi connectivity index (χ2v) is 8.78. The lowest BCUT2D eigenvalue weighted by atomic mass is 9.97. The van der Waals surface area contributed by atoms with E-state index in [0.717, 1.165) is 31.2 Å². The summed E-state index contributed by atoms with van der Waals surface area (Å²) >= 11 is 0. The molecule has 0 radical (unpaired) electrons. The average Bonchev–Trinajstić information content (AvgIpc) is 3.43. The number of amides is 2. The quantitative estimate of drug-likeness (QED) is 0.771. The molecule has 2 amide bonds. The zero-order chi connectivity index (χ0) is 18.7. The molecule has 2 fully saturated rings. The largest absolute Gasteiger partial charge is 0.352 e. The number of carbonyl (C=O) groups is 2. The summed E-state index contributed by atoms with van der Waals surface area (Å²) in [6, 6.07) is 6.62. The van der Waals surface area contributed by atoms with Crippen LogP contribution < -0.4 is 10.0 Å². The van der Waals surface area contributed by atoms with Gasteiger partial charge in [-0.3, -0.25) is 9.59 Å². The number of sulfonamides is 1. The average molecular weight is 379 g/mol. The SMILES string of the molecule is CC(=O)N1CCC[C@H](C(=O)NCc2ccc(S(=O)(=O)NC3CC3)cc2)C1. The molecule has 0 bridgehead atoms. The lowest BCUT2D eigenvalue weighted by Crippen LogP contribution is -2.44. The third-order valence-electron chi connectivity index (χ3n) is 4.84. The van der Waals surface area contributed by atoms with E-state index in [-0.39, 0.29) is 28.7 Å². The fourth-order valence-corrected chi connectivity index (χ4v) is 4.39. The van der Waals surface area contributed by atoms with Crippen molar-refractivity contribution < 1.29 is 18.0 Å². The molecule has 0 spiro atoms. The minimum Gasteiger partial charge on any atom is -0.352 e. The molecule has 0 unspecified atom stereocenters.